The molecule has 24 heavy (non-hydrogen) atoms. The standard InChI is InChI=1S/C18H28FN3O.HI/c1-3-20-18(22(2)13-16-9-11-23-14-16)21-10-5-7-15-6-4-8-17(19)12-15;/h4,6,8,12,16H,3,5,7,9-11,13-14H2,1-2H3,(H,20,21);1H. The van der Waals surface area contributed by atoms with Crippen LogP contribution in [0.25, 0.3) is 0 Å². The van der Waals surface area contributed by atoms with Crippen molar-refractivity contribution in [3.05, 3.63) is 35.6 Å². The Balaban J connectivity index is 0.00000288. The average Bonchev–Trinajstić information content (AvgIpc) is 3.03. The van der Waals surface area contributed by atoms with Gasteiger partial charge in [0.25, 0.3) is 0 Å². The Hall–Kier alpha value is -0.890. The van der Waals surface area contributed by atoms with Crippen LogP contribution in [0.1, 0.15) is 25.3 Å². The molecule has 0 aromatic heterocycles. The first-order chi connectivity index (χ1) is 11.2. The quantitative estimate of drug-likeness (QED) is 0.301. The third kappa shape index (κ3) is 7.34. The third-order valence-electron chi connectivity index (χ3n) is 4.03. The van der Waals surface area contributed by atoms with Crippen LogP contribution >= 0.6 is 24.0 Å². The molecule has 1 saturated heterocycles. The Morgan fingerprint density at radius 2 is 2.29 bits per heavy atom. The molecule has 0 aliphatic carbocycles. The molecule has 1 fully saturated rings. The molecule has 136 valence electrons. The van der Waals surface area contributed by atoms with Crippen molar-refractivity contribution >= 4 is 29.9 Å². The Morgan fingerprint density at radius 1 is 1.46 bits per heavy atom. The van der Waals surface area contributed by atoms with E-state index < -0.39 is 0 Å². The van der Waals surface area contributed by atoms with Crippen molar-refractivity contribution in [1.82, 2.24) is 10.2 Å². The number of nitrogens with zero attached hydrogens (tertiary/aromatic N) is 2. The maximum atomic E-state index is 13.2. The van der Waals surface area contributed by atoms with Gasteiger partial charge in [-0.15, -0.1) is 24.0 Å². The van der Waals surface area contributed by atoms with Crippen LogP contribution < -0.4 is 5.32 Å². The second-order valence-electron chi connectivity index (χ2n) is 6.08. The first kappa shape index (κ1) is 21.2. The van der Waals surface area contributed by atoms with E-state index in [1.165, 1.54) is 6.07 Å². The molecule has 1 heterocycles. The fourth-order valence-electron chi connectivity index (χ4n) is 2.83. The van der Waals surface area contributed by atoms with Crippen molar-refractivity contribution in [3.8, 4) is 0 Å². The number of halogens is 2. The summed E-state index contributed by atoms with van der Waals surface area (Å²) in [6.45, 7) is 6.37. The molecule has 0 radical (unpaired) electrons. The highest BCUT2D eigenvalue weighted by Crippen LogP contribution is 2.13. The zero-order chi connectivity index (χ0) is 16.5. The van der Waals surface area contributed by atoms with Crippen LogP contribution in [0.15, 0.2) is 29.3 Å². The van der Waals surface area contributed by atoms with Gasteiger partial charge < -0.3 is 15.0 Å². The van der Waals surface area contributed by atoms with E-state index in [1.54, 1.807) is 12.1 Å². The van der Waals surface area contributed by atoms with Crippen LogP contribution in [0.5, 0.6) is 0 Å². The zero-order valence-electron chi connectivity index (χ0n) is 14.6. The molecule has 0 spiro atoms. The van der Waals surface area contributed by atoms with Gasteiger partial charge in [-0.3, -0.25) is 4.99 Å². The lowest BCUT2D eigenvalue weighted by atomic mass is 10.1. The van der Waals surface area contributed by atoms with Crippen LogP contribution in [-0.2, 0) is 11.2 Å². The monoisotopic (exact) mass is 449 g/mol. The minimum Gasteiger partial charge on any atom is -0.381 e. The van der Waals surface area contributed by atoms with E-state index in [2.05, 4.69) is 29.2 Å². The normalized spacial score (nSPS) is 17.5. The molecule has 4 nitrogen and oxygen atoms in total. The Bertz CT molecular complexity index is 507. The maximum Gasteiger partial charge on any atom is 0.193 e. The Labute approximate surface area is 161 Å². The number of hydrogen-bond donors (Lipinski definition) is 1. The van der Waals surface area contributed by atoms with E-state index in [-0.39, 0.29) is 29.8 Å². The van der Waals surface area contributed by atoms with Gasteiger partial charge in [0.1, 0.15) is 5.82 Å². The molecule has 1 aliphatic rings. The first-order valence-electron chi connectivity index (χ1n) is 8.50. The minimum atomic E-state index is -0.169. The smallest absolute Gasteiger partial charge is 0.193 e. The summed E-state index contributed by atoms with van der Waals surface area (Å²) >= 11 is 0. The molecule has 2 rings (SSSR count). The predicted octanol–water partition coefficient (Wildman–Crippen LogP) is 3.31. The van der Waals surface area contributed by atoms with Crippen LogP contribution in [-0.4, -0.2) is 50.8 Å². The lowest BCUT2D eigenvalue weighted by Crippen LogP contribution is -2.41. The van der Waals surface area contributed by atoms with Crippen LogP contribution in [0.4, 0.5) is 4.39 Å². The van der Waals surface area contributed by atoms with Crippen molar-refractivity contribution in [3.63, 3.8) is 0 Å². The highest BCUT2D eigenvalue weighted by molar-refractivity contribution is 14.0. The number of aliphatic imine (C=N–C) groups is 1. The second kappa shape index (κ2) is 11.6. The minimum absolute atomic E-state index is 0. The first-order valence-corrected chi connectivity index (χ1v) is 8.50. The number of aryl methyl sites for hydroxylation is 1. The van der Waals surface area contributed by atoms with Crippen molar-refractivity contribution in [2.75, 3.05) is 39.9 Å². The summed E-state index contributed by atoms with van der Waals surface area (Å²) < 4.78 is 18.6. The molecule has 0 bridgehead atoms. The molecule has 1 aliphatic heterocycles. The molecule has 1 unspecified atom stereocenters. The highest BCUT2D eigenvalue weighted by Gasteiger charge is 2.18. The number of rotatable bonds is 7. The van der Waals surface area contributed by atoms with Crippen molar-refractivity contribution in [2.24, 2.45) is 10.9 Å². The number of ether oxygens (including phenoxy) is 1. The van der Waals surface area contributed by atoms with Crippen LogP contribution in [0.2, 0.25) is 0 Å². The molecular weight excluding hydrogens is 420 g/mol. The maximum absolute atomic E-state index is 13.2. The van der Waals surface area contributed by atoms with E-state index in [1.807, 2.05) is 6.07 Å². The van der Waals surface area contributed by atoms with E-state index in [4.69, 9.17) is 4.74 Å². The van der Waals surface area contributed by atoms with Crippen molar-refractivity contribution < 1.29 is 9.13 Å². The fraction of sp³-hybridized carbons (Fsp3) is 0.611. The van der Waals surface area contributed by atoms with Gasteiger partial charge >= 0.3 is 0 Å². The van der Waals surface area contributed by atoms with E-state index in [0.29, 0.717) is 5.92 Å². The largest absolute Gasteiger partial charge is 0.381 e. The van der Waals surface area contributed by atoms with E-state index >= 15 is 0 Å². The number of guanidine groups is 1. The summed E-state index contributed by atoms with van der Waals surface area (Å²) in [5.41, 5.74) is 1.03. The molecule has 1 aromatic carbocycles. The van der Waals surface area contributed by atoms with Gasteiger partial charge in [-0.2, -0.15) is 0 Å². The summed E-state index contributed by atoms with van der Waals surface area (Å²) in [6, 6.07) is 6.80. The van der Waals surface area contributed by atoms with Crippen LogP contribution in [0.3, 0.4) is 0 Å². The van der Waals surface area contributed by atoms with Gasteiger partial charge in [-0.25, -0.2) is 4.39 Å². The van der Waals surface area contributed by atoms with Crippen molar-refractivity contribution in [2.45, 2.75) is 26.2 Å². The van der Waals surface area contributed by atoms with Gasteiger partial charge in [-0.1, -0.05) is 12.1 Å². The highest BCUT2D eigenvalue weighted by atomic mass is 127. The number of hydrogen-bond acceptors (Lipinski definition) is 2. The fourth-order valence-corrected chi connectivity index (χ4v) is 2.83. The summed E-state index contributed by atoms with van der Waals surface area (Å²) in [4.78, 5) is 6.88. The SMILES string of the molecule is CCNC(=NCCCc1cccc(F)c1)N(C)CC1CCOC1.I. The Morgan fingerprint density at radius 3 is 2.96 bits per heavy atom. The lowest BCUT2D eigenvalue weighted by Gasteiger charge is -2.24. The van der Waals surface area contributed by atoms with E-state index in [0.717, 1.165) is 63.6 Å². The molecule has 0 amide bonds. The van der Waals surface area contributed by atoms with Gasteiger partial charge in [0.2, 0.25) is 0 Å². The molecule has 1 atom stereocenters. The number of benzene rings is 1. The van der Waals surface area contributed by atoms with Gasteiger partial charge in [0, 0.05) is 39.2 Å². The summed E-state index contributed by atoms with van der Waals surface area (Å²) in [5.74, 6) is 1.37. The molecule has 1 aromatic rings. The summed E-state index contributed by atoms with van der Waals surface area (Å²) in [7, 11) is 2.08. The predicted molar refractivity (Wildman–Crippen MR) is 108 cm³/mol. The van der Waals surface area contributed by atoms with Crippen molar-refractivity contribution in [1.29, 1.82) is 0 Å². The summed E-state index contributed by atoms with van der Waals surface area (Å²) in [5, 5.41) is 3.34. The topological polar surface area (TPSA) is 36.9 Å². The van der Waals surface area contributed by atoms with Gasteiger partial charge in [0.05, 0.1) is 6.61 Å². The molecular formula is C18H29FIN3O. The third-order valence-corrected chi connectivity index (χ3v) is 4.03. The lowest BCUT2D eigenvalue weighted by molar-refractivity contribution is 0.181. The number of nitrogens with one attached hydrogen (secondary N) is 1. The second-order valence-corrected chi connectivity index (χ2v) is 6.08. The van der Waals surface area contributed by atoms with Gasteiger partial charge in [0.15, 0.2) is 5.96 Å². The van der Waals surface area contributed by atoms with Crippen LogP contribution in [0, 0.1) is 11.7 Å². The zero-order valence-corrected chi connectivity index (χ0v) is 17.0. The molecule has 6 heteroatoms. The average molecular weight is 449 g/mol. The van der Waals surface area contributed by atoms with E-state index in [9.17, 15) is 4.39 Å². The summed E-state index contributed by atoms with van der Waals surface area (Å²) in [6.07, 6.45) is 2.89. The van der Waals surface area contributed by atoms with Gasteiger partial charge in [-0.05, 0) is 43.9 Å². The molecule has 1 N–H and O–H groups in total. The molecule has 0 saturated carbocycles. The Kier molecular flexibility index (Phi) is 10.2.